The van der Waals surface area contributed by atoms with Gasteiger partial charge in [-0.15, -0.1) is 10.2 Å². The molecule has 4 rings (SSSR count). The van der Waals surface area contributed by atoms with Crippen LogP contribution in [0.25, 0.3) is 11.3 Å². The van der Waals surface area contributed by atoms with Gasteiger partial charge in [-0.25, -0.2) is 4.68 Å². The number of nitrogens with zero attached hydrogens (tertiary/aromatic N) is 5. The maximum Gasteiger partial charge on any atom is 0.266 e. The van der Waals surface area contributed by atoms with Crippen LogP contribution < -0.4 is 15.8 Å². The highest BCUT2D eigenvalue weighted by molar-refractivity contribution is 6.30. The summed E-state index contributed by atoms with van der Waals surface area (Å²) in [6.45, 7) is 2.45. The fourth-order valence-corrected chi connectivity index (χ4v) is 3.93. The number of rotatable bonds is 7. The van der Waals surface area contributed by atoms with Crippen LogP contribution >= 0.6 is 11.6 Å². The first-order valence-corrected chi connectivity index (χ1v) is 11.1. The Morgan fingerprint density at radius 2 is 1.97 bits per heavy atom. The number of anilines is 1. The first-order valence-electron chi connectivity index (χ1n) is 10.7. The van der Waals surface area contributed by atoms with Crippen LogP contribution in [-0.4, -0.2) is 45.5 Å². The fourth-order valence-electron chi connectivity index (χ4n) is 3.81. The molecule has 1 atom stereocenters. The van der Waals surface area contributed by atoms with Gasteiger partial charge in [0, 0.05) is 49.0 Å². The quantitative estimate of drug-likeness (QED) is 0.554. The van der Waals surface area contributed by atoms with E-state index >= 15 is 0 Å². The third-order valence-electron chi connectivity index (χ3n) is 5.54. The number of aromatic nitrogens is 4. The molecule has 8 nitrogen and oxygen atoms in total. The lowest BCUT2D eigenvalue weighted by Gasteiger charge is -2.32. The Kier molecular flexibility index (Phi) is 7.11. The zero-order chi connectivity index (χ0) is 22.3. The van der Waals surface area contributed by atoms with E-state index in [4.69, 9.17) is 11.6 Å². The summed E-state index contributed by atoms with van der Waals surface area (Å²) in [4.78, 5) is 26.4. The summed E-state index contributed by atoms with van der Waals surface area (Å²) in [5, 5.41) is 16.4. The number of aryl methyl sites for hydroxylation is 1. The summed E-state index contributed by atoms with van der Waals surface area (Å²) >= 11 is 5.95. The predicted octanol–water partition coefficient (Wildman–Crippen LogP) is 2.78. The van der Waals surface area contributed by atoms with Crippen LogP contribution in [0, 0.1) is 5.92 Å². The van der Waals surface area contributed by atoms with Gasteiger partial charge in [-0.05, 0) is 49.6 Å². The van der Waals surface area contributed by atoms with E-state index in [0.29, 0.717) is 31.1 Å². The molecule has 166 valence electrons. The average molecular weight is 453 g/mol. The molecule has 1 amide bonds. The van der Waals surface area contributed by atoms with Crippen LogP contribution in [0.4, 0.5) is 5.82 Å². The van der Waals surface area contributed by atoms with Crippen molar-refractivity contribution in [3.63, 3.8) is 0 Å². The molecule has 1 fully saturated rings. The van der Waals surface area contributed by atoms with Crippen molar-refractivity contribution in [1.82, 2.24) is 25.3 Å². The van der Waals surface area contributed by atoms with Gasteiger partial charge in [0.15, 0.2) is 5.82 Å². The van der Waals surface area contributed by atoms with Crippen molar-refractivity contribution in [2.45, 2.75) is 25.8 Å². The summed E-state index contributed by atoms with van der Waals surface area (Å²) < 4.78 is 1.40. The van der Waals surface area contributed by atoms with Gasteiger partial charge < -0.3 is 10.2 Å². The Bertz CT molecular complexity index is 1100. The Balaban J connectivity index is 1.29. The Morgan fingerprint density at radius 1 is 1.12 bits per heavy atom. The average Bonchev–Trinajstić information content (AvgIpc) is 2.83. The number of carbonyl (C=O) groups is 1. The van der Waals surface area contributed by atoms with Gasteiger partial charge >= 0.3 is 0 Å². The predicted molar refractivity (Wildman–Crippen MR) is 124 cm³/mol. The molecule has 3 heterocycles. The van der Waals surface area contributed by atoms with Crippen LogP contribution in [0.1, 0.15) is 19.3 Å². The van der Waals surface area contributed by atoms with Crippen LogP contribution in [0.3, 0.4) is 0 Å². The van der Waals surface area contributed by atoms with Crippen molar-refractivity contribution in [2.75, 3.05) is 24.5 Å². The maximum absolute atomic E-state index is 12.7. The Morgan fingerprint density at radius 3 is 2.72 bits per heavy atom. The summed E-state index contributed by atoms with van der Waals surface area (Å²) in [7, 11) is 0. The normalized spacial score (nSPS) is 16.0. The van der Waals surface area contributed by atoms with Gasteiger partial charge in [0.2, 0.25) is 5.91 Å². The van der Waals surface area contributed by atoms with Crippen molar-refractivity contribution in [3.05, 3.63) is 70.1 Å². The molecule has 0 saturated carbocycles. The summed E-state index contributed by atoms with van der Waals surface area (Å²) in [6.07, 6.45) is 4.00. The molecule has 0 bridgehead atoms. The number of benzene rings is 1. The van der Waals surface area contributed by atoms with E-state index in [-0.39, 0.29) is 17.4 Å². The molecule has 1 unspecified atom stereocenters. The van der Waals surface area contributed by atoms with Crippen LogP contribution in [0.2, 0.25) is 5.02 Å². The van der Waals surface area contributed by atoms with Crippen molar-refractivity contribution in [2.24, 2.45) is 5.92 Å². The second kappa shape index (κ2) is 10.4. The molecule has 1 aliphatic rings. The molecule has 2 aromatic heterocycles. The van der Waals surface area contributed by atoms with E-state index in [1.54, 1.807) is 12.3 Å². The topological polar surface area (TPSA) is 93.0 Å². The third kappa shape index (κ3) is 5.50. The lowest BCUT2D eigenvalue weighted by molar-refractivity contribution is -0.125. The highest BCUT2D eigenvalue weighted by Crippen LogP contribution is 2.24. The van der Waals surface area contributed by atoms with Crippen molar-refractivity contribution in [1.29, 1.82) is 0 Å². The summed E-state index contributed by atoms with van der Waals surface area (Å²) in [6, 6.07) is 14.5. The number of piperidine rings is 1. The fraction of sp³-hybridized carbons (Fsp3) is 0.348. The molecular formula is C23H25ClN6O2. The zero-order valence-corrected chi connectivity index (χ0v) is 18.4. The van der Waals surface area contributed by atoms with Crippen molar-refractivity contribution in [3.8, 4) is 11.3 Å². The minimum absolute atomic E-state index is 0.0359. The minimum Gasteiger partial charge on any atom is -0.356 e. The SMILES string of the molecule is O=C(NCCCn1ncccc1=O)C1CCCN(c2ccc(-c3ccc(Cl)cc3)nn2)C1. The molecule has 0 radical (unpaired) electrons. The highest BCUT2D eigenvalue weighted by Gasteiger charge is 2.26. The van der Waals surface area contributed by atoms with Gasteiger partial charge in [-0.2, -0.15) is 5.10 Å². The second-order valence-electron chi connectivity index (χ2n) is 7.80. The standard InChI is InChI=1S/C23H25ClN6O2/c24-19-8-6-17(7-9-19)20-10-11-21(28-27-20)29-14-2-4-18(16-29)23(32)25-12-3-15-30-22(31)5-1-13-26-30/h1,5-11,13,18H,2-4,12,14-16H2,(H,25,32). The van der Waals surface area contributed by atoms with Gasteiger partial charge in [0.25, 0.3) is 5.56 Å². The lowest BCUT2D eigenvalue weighted by Crippen LogP contribution is -2.43. The van der Waals surface area contributed by atoms with Crippen molar-refractivity contribution >= 4 is 23.3 Å². The van der Waals surface area contributed by atoms with E-state index in [0.717, 1.165) is 36.5 Å². The van der Waals surface area contributed by atoms with Crippen LogP contribution in [0.15, 0.2) is 59.5 Å². The molecule has 1 aliphatic heterocycles. The van der Waals surface area contributed by atoms with Gasteiger partial charge in [0.05, 0.1) is 11.6 Å². The number of hydrogen-bond acceptors (Lipinski definition) is 6. The molecule has 1 saturated heterocycles. The highest BCUT2D eigenvalue weighted by atomic mass is 35.5. The number of hydrogen-bond donors (Lipinski definition) is 1. The summed E-state index contributed by atoms with van der Waals surface area (Å²) in [5.74, 6) is 0.711. The Hall–Kier alpha value is -3.26. The number of nitrogens with one attached hydrogen (secondary N) is 1. The molecule has 9 heteroatoms. The van der Waals surface area contributed by atoms with E-state index in [2.05, 4.69) is 25.5 Å². The minimum atomic E-state index is -0.134. The van der Waals surface area contributed by atoms with Gasteiger partial charge in [-0.1, -0.05) is 23.7 Å². The van der Waals surface area contributed by atoms with Crippen molar-refractivity contribution < 1.29 is 4.79 Å². The maximum atomic E-state index is 12.7. The van der Waals surface area contributed by atoms with Crippen LogP contribution in [-0.2, 0) is 11.3 Å². The van der Waals surface area contributed by atoms with Gasteiger partial charge in [-0.3, -0.25) is 9.59 Å². The van der Waals surface area contributed by atoms with Crippen LogP contribution in [0.5, 0.6) is 0 Å². The molecule has 1 aromatic carbocycles. The lowest BCUT2D eigenvalue weighted by atomic mass is 9.97. The van der Waals surface area contributed by atoms with Gasteiger partial charge in [0.1, 0.15) is 0 Å². The summed E-state index contributed by atoms with van der Waals surface area (Å²) in [5.41, 5.74) is 1.60. The first-order chi connectivity index (χ1) is 15.6. The number of halogens is 1. The molecule has 3 aromatic rings. The second-order valence-corrected chi connectivity index (χ2v) is 8.23. The van der Waals surface area contributed by atoms with E-state index < -0.39 is 0 Å². The zero-order valence-electron chi connectivity index (χ0n) is 17.7. The number of carbonyl (C=O) groups excluding carboxylic acids is 1. The van der Waals surface area contributed by atoms with E-state index in [1.807, 2.05) is 36.4 Å². The van der Waals surface area contributed by atoms with E-state index in [9.17, 15) is 9.59 Å². The molecule has 1 N–H and O–H groups in total. The largest absolute Gasteiger partial charge is 0.356 e. The smallest absolute Gasteiger partial charge is 0.266 e. The van der Waals surface area contributed by atoms with E-state index in [1.165, 1.54) is 10.7 Å². The molecule has 0 aliphatic carbocycles. The Labute approximate surface area is 191 Å². The molecule has 32 heavy (non-hydrogen) atoms. The monoisotopic (exact) mass is 452 g/mol. The number of amides is 1. The molecule has 0 spiro atoms. The third-order valence-corrected chi connectivity index (χ3v) is 5.79. The first kappa shape index (κ1) is 22.0. The molecular weight excluding hydrogens is 428 g/mol.